The molecule has 110 valence electrons. The Morgan fingerprint density at radius 3 is 2.37 bits per heavy atom. The predicted octanol–water partition coefficient (Wildman–Crippen LogP) is 1.94. The van der Waals surface area contributed by atoms with Crippen molar-refractivity contribution in [3.63, 3.8) is 0 Å². The third-order valence-electron chi connectivity index (χ3n) is 4.53. The van der Waals surface area contributed by atoms with Gasteiger partial charge in [-0.05, 0) is 31.9 Å². The van der Waals surface area contributed by atoms with Crippen molar-refractivity contribution < 1.29 is 10.0 Å². The van der Waals surface area contributed by atoms with E-state index in [1.807, 2.05) is 0 Å². The van der Waals surface area contributed by atoms with E-state index >= 15 is 0 Å². The molecule has 0 heterocycles. The zero-order valence-electron chi connectivity index (χ0n) is 12.0. The molecule has 0 aliphatic heterocycles. The minimum Gasteiger partial charge on any atom is -0.409 e. The largest absolute Gasteiger partial charge is 0.409 e. The van der Waals surface area contributed by atoms with Crippen molar-refractivity contribution >= 4 is 23.5 Å². The first-order chi connectivity index (χ1) is 9.00. The molecule has 1 amide bonds. The molecule has 0 spiro atoms. The summed E-state index contributed by atoms with van der Waals surface area (Å²) in [6, 6.07) is 0. The van der Waals surface area contributed by atoms with Gasteiger partial charge < -0.3 is 16.3 Å². The smallest absolute Gasteiger partial charge is 0.234 e. The first-order valence-corrected chi connectivity index (χ1v) is 8.04. The molecule has 1 rings (SSSR count). The van der Waals surface area contributed by atoms with Crippen molar-refractivity contribution in [2.45, 2.75) is 50.7 Å². The Morgan fingerprint density at radius 1 is 1.47 bits per heavy atom. The van der Waals surface area contributed by atoms with Crippen LogP contribution in [0.4, 0.5) is 0 Å². The van der Waals surface area contributed by atoms with E-state index in [-0.39, 0.29) is 16.5 Å². The van der Waals surface area contributed by atoms with Gasteiger partial charge in [-0.1, -0.05) is 25.4 Å². The summed E-state index contributed by atoms with van der Waals surface area (Å²) in [4.78, 5) is 12.3. The molecule has 0 radical (unpaired) electrons. The molecule has 0 aromatic rings. The van der Waals surface area contributed by atoms with Crippen LogP contribution in [0.25, 0.3) is 0 Å². The van der Waals surface area contributed by atoms with E-state index in [0.29, 0.717) is 19.4 Å². The Bertz CT molecular complexity index is 342. The van der Waals surface area contributed by atoms with Crippen molar-refractivity contribution in [1.29, 1.82) is 0 Å². The SMILES string of the molecule is CCC(CC)(CNC(=O)C1(C(N)=NO)CCC1)SC. The van der Waals surface area contributed by atoms with Crippen LogP contribution < -0.4 is 11.1 Å². The van der Waals surface area contributed by atoms with Gasteiger partial charge in [0, 0.05) is 11.3 Å². The lowest BCUT2D eigenvalue weighted by molar-refractivity contribution is -0.131. The van der Waals surface area contributed by atoms with Gasteiger partial charge in [0.15, 0.2) is 5.84 Å². The molecule has 0 aromatic carbocycles. The van der Waals surface area contributed by atoms with Crippen molar-refractivity contribution in [1.82, 2.24) is 5.32 Å². The van der Waals surface area contributed by atoms with Crippen LogP contribution >= 0.6 is 11.8 Å². The first-order valence-electron chi connectivity index (χ1n) is 6.81. The zero-order chi connectivity index (χ0) is 14.5. The van der Waals surface area contributed by atoms with Gasteiger partial charge in [-0.15, -0.1) is 0 Å². The topological polar surface area (TPSA) is 87.7 Å². The maximum absolute atomic E-state index is 12.3. The Kier molecular flexibility index (Phi) is 5.52. The van der Waals surface area contributed by atoms with Gasteiger partial charge in [-0.25, -0.2) is 0 Å². The molecule has 0 bridgehead atoms. The van der Waals surface area contributed by atoms with Gasteiger partial charge in [-0.2, -0.15) is 11.8 Å². The fourth-order valence-corrected chi connectivity index (χ4v) is 3.29. The summed E-state index contributed by atoms with van der Waals surface area (Å²) in [6.45, 7) is 4.89. The normalized spacial score (nSPS) is 18.8. The maximum Gasteiger partial charge on any atom is 0.234 e. The van der Waals surface area contributed by atoms with Crippen LogP contribution in [0.5, 0.6) is 0 Å². The number of carbonyl (C=O) groups excluding carboxylic acids is 1. The van der Waals surface area contributed by atoms with Gasteiger partial charge in [-0.3, -0.25) is 4.79 Å². The average molecular weight is 287 g/mol. The van der Waals surface area contributed by atoms with Gasteiger partial charge in [0.2, 0.25) is 5.91 Å². The minimum absolute atomic E-state index is 0.0407. The highest BCUT2D eigenvalue weighted by Crippen LogP contribution is 2.41. The van der Waals surface area contributed by atoms with Gasteiger partial charge >= 0.3 is 0 Å². The van der Waals surface area contributed by atoms with Gasteiger partial charge in [0.05, 0.1) is 0 Å². The molecule has 0 aromatic heterocycles. The van der Waals surface area contributed by atoms with E-state index in [4.69, 9.17) is 10.9 Å². The number of carbonyl (C=O) groups is 1. The second kappa shape index (κ2) is 6.50. The molecule has 5 nitrogen and oxygen atoms in total. The Morgan fingerprint density at radius 2 is 2.05 bits per heavy atom. The van der Waals surface area contributed by atoms with Crippen LogP contribution in [0.1, 0.15) is 46.0 Å². The number of rotatable bonds is 7. The van der Waals surface area contributed by atoms with Crippen LogP contribution in [0.3, 0.4) is 0 Å². The lowest BCUT2D eigenvalue weighted by atomic mass is 9.67. The summed E-state index contributed by atoms with van der Waals surface area (Å²) in [6.07, 6.45) is 6.35. The van der Waals surface area contributed by atoms with Crippen molar-refractivity contribution in [2.24, 2.45) is 16.3 Å². The molecule has 1 fully saturated rings. The van der Waals surface area contributed by atoms with E-state index in [9.17, 15) is 4.79 Å². The molecule has 19 heavy (non-hydrogen) atoms. The quantitative estimate of drug-likeness (QED) is 0.289. The zero-order valence-corrected chi connectivity index (χ0v) is 12.8. The van der Waals surface area contributed by atoms with Crippen LogP contribution in [0.15, 0.2) is 5.16 Å². The number of oxime groups is 1. The molecule has 1 aliphatic carbocycles. The third-order valence-corrected chi connectivity index (χ3v) is 6.12. The van der Waals surface area contributed by atoms with Crippen LogP contribution in [0, 0.1) is 5.41 Å². The maximum atomic E-state index is 12.3. The Hall–Kier alpha value is -0.910. The molecule has 4 N–H and O–H groups in total. The summed E-state index contributed by atoms with van der Waals surface area (Å²) in [5.41, 5.74) is 4.91. The predicted molar refractivity (Wildman–Crippen MR) is 79.5 cm³/mol. The van der Waals surface area contributed by atoms with Crippen LogP contribution in [-0.2, 0) is 4.79 Å². The number of nitrogens with two attached hydrogens (primary N) is 1. The standard InChI is InChI=1S/C13H25N3O2S/c1-4-12(5-2,19-3)9-15-11(17)13(7-6-8-13)10(14)16-18/h18H,4-9H2,1-3H3,(H2,14,16)(H,15,17). The fourth-order valence-electron chi connectivity index (χ4n) is 2.50. The molecule has 0 atom stereocenters. The van der Waals surface area contributed by atoms with Crippen molar-refractivity contribution in [2.75, 3.05) is 12.8 Å². The second-order valence-electron chi connectivity index (χ2n) is 5.20. The lowest BCUT2D eigenvalue weighted by Crippen LogP contribution is -2.55. The number of nitrogens with zero attached hydrogens (tertiary/aromatic N) is 1. The molecule has 0 saturated heterocycles. The van der Waals surface area contributed by atoms with E-state index in [0.717, 1.165) is 19.3 Å². The van der Waals surface area contributed by atoms with E-state index < -0.39 is 5.41 Å². The number of nitrogens with one attached hydrogen (secondary N) is 1. The third kappa shape index (κ3) is 2.99. The summed E-state index contributed by atoms with van der Waals surface area (Å²) in [5, 5.41) is 14.9. The van der Waals surface area contributed by atoms with Crippen molar-refractivity contribution in [3.05, 3.63) is 0 Å². The number of hydrogen-bond donors (Lipinski definition) is 3. The highest BCUT2D eigenvalue weighted by molar-refractivity contribution is 8.00. The first kappa shape index (κ1) is 16.1. The van der Waals surface area contributed by atoms with Crippen molar-refractivity contribution in [3.8, 4) is 0 Å². The second-order valence-corrected chi connectivity index (χ2v) is 6.47. The number of amides is 1. The summed E-state index contributed by atoms with van der Waals surface area (Å²) >= 11 is 1.78. The molecular formula is C13H25N3O2S. The monoisotopic (exact) mass is 287 g/mol. The van der Waals surface area contributed by atoms with Crippen LogP contribution in [0.2, 0.25) is 0 Å². The highest BCUT2D eigenvalue weighted by Gasteiger charge is 2.48. The Balaban J connectivity index is 2.69. The summed E-state index contributed by atoms with van der Waals surface area (Å²) in [5.74, 6) is -0.0617. The average Bonchev–Trinajstić information content (AvgIpc) is 2.39. The van der Waals surface area contributed by atoms with Gasteiger partial charge in [0.1, 0.15) is 5.41 Å². The lowest BCUT2D eigenvalue weighted by Gasteiger charge is -2.40. The van der Waals surface area contributed by atoms with E-state index in [1.54, 1.807) is 11.8 Å². The molecule has 1 aliphatic rings. The number of thioether (sulfide) groups is 1. The van der Waals surface area contributed by atoms with Gasteiger partial charge in [0.25, 0.3) is 0 Å². The Labute approximate surface area is 119 Å². The summed E-state index contributed by atoms with van der Waals surface area (Å²) in [7, 11) is 0. The van der Waals surface area contributed by atoms with Crippen LogP contribution in [-0.4, -0.2) is 34.5 Å². The van der Waals surface area contributed by atoms with E-state index in [1.165, 1.54) is 0 Å². The summed E-state index contributed by atoms with van der Waals surface area (Å²) < 4.78 is 0.0751. The fraction of sp³-hybridized carbons (Fsp3) is 0.846. The minimum atomic E-state index is -0.777. The number of hydrogen-bond acceptors (Lipinski definition) is 4. The molecule has 1 saturated carbocycles. The molecule has 0 unspecified atom stereocenters. The number of amidine groups is 1. The highest BCUT2D eigenvalue weighted by atomic mass is 32.2. The molecular weight excluding hydrogens is 262 g/mol. The molecule has 6 heteroatoms. The van der Waals surface area contributed by atoms with E-state index in [2.05, 4.69) is 30.6 Å².